The van der Waals surface area contributed by atoms with Crippen LogP contribution in [0.5, 0.6) is 0 Å². The molecule has 0 aliphatic carbocycles. The second kappa shape index (κ2) is 7.39. The van der Waals surface area contributed by atoms with E-state index in [1.54, 1.807) is 49.5 Å². The van der Waals surface area contributed by atoms with Crippen LogP contribution in [0.4, 0.5) is 5.69 Å². The maximum absolute atomic E-state index is 11.8. The average molecular weight is 350 g/mol. The van der Waals surface area contributed by atoms with Gasteiger partial charge in [0.15, 0.2) is 0 Å². The van der Waals surface area contributed by atoms with Crippen molar-refractivity contribution in [3.8, 4) is 11.3 Å². The van der Waals surface area contributed by atoms with Gasteiger partial charge in [0.25, 0.3) is 11.6 Å². The molecule has 0 bridgehead atoms. The molecule has 130 valence electrons. The van der Waals surface area contributed by atoms with Gasteiger partial charge in [-0.1, -0.05) is 12.1 Å². The Kier molecular flexibility index (Phi) is 4.84. The second-order valence-corrected chi connectivity index (χ2v) is 5.40. The van der Waals surface area contributed by atoms with Crippen molar-refractivity contribution >= 4 is 17.8 Å². The van der Waals surface area contributed by atoms with E-state index in [-0.39, 0.29) is 5.69 Å². The Morgan fingerprint density at radius 2 is 2.15 bits per heavy atom. The van der Waals surface area contributed by atoms with Crippen molar-refractivity contribution in [2.75, 3.05) is 0 Å². The van der Waals surface area contributed by atoms with Gasteiger partial charge in [-0.25, -0.2) is 5.43 Å². The van der Waals surface area contributed by atoms with Gasteiger partial charge in [0.2, 0.25) is 0 Å². The van der Waals surface area contributed by atoms with Gasteiger partial charge < -0.3 is 4.42 Å². The number of nitro benzene ring substituents is 1. The highest BCUT2D eigenvalue weighted by Crippen LogP contribution is 2.27. The zero-order valence-corrected chi connectivity index (χ0v) is 13.7. The summed E-state index contributed by atoms with van der Waals surface area (Å²) in [7, 11) is 0. The van der Waals surface area contributed by atoms with Crippen LogP contribution in [0.2, 0.25) is 0 Å². The first-order valence-electron chi connectivity index (χ1n) is 7.63. The van der Waals surface area contributed by atoms with Gasteiger partial charge in [-0.05, 0) is 31.2 Å². The number of furan rings is 1. The summed E-state index contributed by atoms with van der Waals surface area (Å²) in [5.74, 6) is 0.470. The molecule has 8 heteroatoms. The molecular formula is C18H14N4O4. The number of carbonyl (C=O) groups is 1. The van der Waals surface area contributed by atoms with Gasteiger partial charge in [-0.2, -0.15) is 5.10 Å². The molecule has 0 atom stereocenters. The first-order chi connectivity index (χ1) is 12.5. The number of rotatable bonds is 5. The highest BCUT2D eigenvalue weighted by Gasteiger charge is 2.13. The third kappa shape index (κ3) is 3.81. The molecular weight excluding hydrogens is 336 g/mol. The number of hydrogen-bond acceptors (Lipinski definition) is 6. The van der Waals surface area contributed by atoms with Crippen molar-refractivity contribution in [1.29, 1.82) is 0 Å². The number of pyridine rings is 1. The Hall–Kier alpha value is -3.81. The van der Waals surface area contributed by atoms with Crippen LogP contribution < -0.4 is 5.43 Å². The minimum absolute atomic E-state index is 0.0258. The summed E-state index contributed by atoms with van der Waals surface area (Å²) in [4.78, 5) is 26.3. The fourth-order valence-corrected chi connectivity index (χ4v) is 2.25. The molecule has 0 spiro atoms. The lowest BCUT2D eigenvalue weighted by Crippen LogP contribution is -2.17. The van der Waals surface area contributed by atoms with Crippen LogP contribution in [-0.2, 0) is 0 Å². The van der Waals surface area contributed by atoms with Crippen molar-refractivity contribution < 1.29 is 14.1 Å². The maximum atomic E-state index is 11.8. The van der Waals surface area contributed by atoms with Crippen molar-refractivity contribution in [3.63, 3.8) is 0 Å². The molecule has 8 nitrogen and oxygen atoms in total. The zero-order chi connectivity index (χ0) is 18.5. The predicted molar refractivity (Wildman–Crippen MR) is 94.8 cm³/mol. The van der Waals surface area contributed by atoms with Crippen LogP contribution in [0, 0.1) is 17.0 Å². The lowest BCUT2D eigenvalue weighted by molar-refractivity contribution is -0.385. The number of hydrogen-bond donors (Lipinski definition) is 1. The molecule has 0 aliphatic rings. The van der Waals surface area contributed by atoms with E-state index in [0.29, 0.717) is 28.2 Å². The Morgan fingerprint density at radius 3 is 2.88 bits per heavy atom. The number of nitrogens with one attached hydrogen (secondary N) is 1. The van der Waals surface area contributed by atoms with Gasteiger partial charge in [-0.3, -0.25) is 19.9 Å². The number of benzene rings is 1. The molecule has 0 aliphatic heterocycles. The largest absolute Gasteiger partial charge is 0.455 e. The number of carbonyl (C=O) groups excluding carboxylic acids is 1. The fourth-order valence-electron chi connectivity index (χ4n) is 2.25. The highest BCUT2D eigenvalue weighted by molar-refractivity contribution is 5.94. The first kappa shape index (κ1) is 17.0. The van der Waals surface area contributed by atoms with E-state index in [0.717, 1.165) is 0 Å². The molecule has 3 rings (SSSR count). The van der Waals surface area contributed by atoms with Gasteiger partial charge in [0, 0.05) is 29.6 Å². The maximum Gasteiger partial charge on any atom is 0.273 e. The number of hydrazone groups is 1. The Morgan fingerprint density at radius 1 is 1.31 bits per heavy atom. The van der Waals surface area contributed by atoms with E-state index < -0.39 is 10.8 Å². The molecule has 0 radical (unpaired) electrons. The standard InChI is InChI=1S/C18H14N4O4/c1-12-4-5-13(9-16(12)22(24)25)17-7-6-15(26-17)11-20-21-18(23)14-3-2-8-19-10-14/h2-11H,1H3,(H,21,23)/b20-11-. The highest BCUT2D eigenvalue weighted by atomic mass is 16.6. The predicted octanol–water partition coefficient (Wildman–Crippen LogP) is 3.32. The van der Waals surface area contributed by atoms with Crippen LogP contribution in [0.1, 0.15) is 21.7 Å². The topological polar surface area (TPSA) is 111 Å². The van der Waals surface area contributed by atoms with Crippen molar-refractivity contribution in [2.45, 2.75) is 6.92 Å². The fraction of sp³-hybridized carbons (Fsp3) is 0.0556. The summed E-state index contributed by atoms with van der Waals surface area (Å²) in [6.45, 7) is 1.67. The van der Waals surface area contributed by atoms with Crippen LogP contribution in [0.25, 0.3) is 11.3 Å². The molecule has 0 fully saturated rings. The quantitative estimate of drug-likeness (QED) is 0.431. The third-order valence-electron chi connectivity index (χ3n) is 3.60. The molecule has 1 amide bonds. The van der Waals surface area contributed by atoms with Crippen LogP contribution in [0.3, 0.4) is 0 Å². The zero-order valence-electron chi connectivity index (χ0n) is 13.7. The molecule has 3 aromatic rings. The van der Waals surface area contributed by atoms with Gasteiger partial charge >= 0.3 is 0 Å². The van der Waals surface area contributed by atoms with Crippen molar-refractivity contribution in [2.24, 2.45) is 5.10 Å². The summed E-state index contributed by atoms with van der Waals surface area (Å²) in [6.07, 6.45) is 4.35. The third-order valence-corrected chi connectivity index (χ3v) is 3.60. The normalized spacial score (nSPS) is 10.8. The number of amides is 1. The van der Waals surface area contributed by atoms with E-state index in [4.69, 9.17) is 4.42 Å². The second-order valence-electron chi connectivity index (χ2n) is 5.40. The van der Waals surface area contributed by atoms with Crippen LogP contribution >= 0.6 is 0 Å². The number of nitrogens with zero attached hydrogens (tertiary/aromatic N) is 3. The molecule has 1 aromatic carbocycles. The molecule has 0 saturated heterocycles. The summed E-state index contributed by atoms with van der Waals surface area (Å²) in [5, 5.41) is 14.9. The van der Waals surface area contributed by atoms with E-state index in [1.165, 1.54) is 18.5 Å². The summed E-state index contributed by atoms with van der Waals surface area (Å²) < 4.78 is 5.60. The monoisotopic (exact) mass is 350 g/mol. The summed E-state index contributed by atoms with van der Waals surface area (Å²) >= 11 is 0. The lowest BCUT2D eigenvalue weighted by atomic mass is 10.1. The first-order valence-corrected chi connectivity index (χ1v) is 7.63. The van der Waals surface area contributed by atoms with Gasteiger partial charge in [-0.15, -0.1) is 0 Å². The Bertz CT molecular complexity index is 980. The number of aromatic nitrogens is 1. The van der Waals surface area contributed by atoms with Crippen LogP contribution in [0.15, 0.2) is 64.4 Å². The molecule has 2 aromatic heterocycles. The molecule has 2 heterocycles. The SMILES string of the molecule is Cc1ccc(-c2ccc(/C=N\NC(=O)c3cccnc3)o2)cc1[N+](=O)[O-]. The van der Waals surface area contributed by atoms with E-state index >= 15 is 0 Å². The van der Waals surface area contributed by atoms with Crippen molar-refractivity contribution in [1.82, 2.24) is 10.4 Å². The molecule has 26 heavy (non-hydrogen) atoms. The molecule has 1 N–H and O–H groups in total. The lowest BCUT2D eigenvalue weighted by Gasteiger charge is -2.00. The number of aryl methyl sites for hydroxylation is 1. The number of nitro groups is 1. The minimum atomic E-state index is -0.432. The van der Waals surface area contributed by atoms with Gasteiger partial charge in [0.1, 0.15) is 11.5 Å². The average Bonchev–Trinajstić information content (AvgIpc) is 3.11. The van der Waals surface area contributed by atoms with Crippen molar-refractivity contribution in [3.05, 3.63) is 81.9 Å². The Balaban J connectivity index is 1.71. The van der Waals surface area contributed by atoms with Crippen LogP contribution in [-0.4, -0.2) is 22.0 Å². The van der Waals surface area contributed by atoms with E-state index in [2.05, 4.69) is 15.5 Å². The Labute approximate surface area is 148 Å². The smallest absolute Gasteiger partial charge is 0.273 e. The van der Waals surface area contributed by atoms with E-state index in [1.807, 2.05) is 0 Å². The van der Waals surface area contributed by atoms with Gasteiger partial charge in [0.05, 0.1) is 16.7 Å². The minimum Gasteiger partial charge on any atom is -0.455 e. The molecule has 0 unspecified atom stereocenters. The summed E-state index contributed by atoms with van der Waals surface area (Å²) in [6, 6.07) is 11.5. The van der Waals surface area contributed by atoms with E-state index in [9.17, 15) is 14.9 Å². The summed E-state index contributed by atoms with van der Waals surface area (Å²) in [5.41, 5.74) is 3.94. The molecule has 0 saturated carbocycles.